The molecule has 2 aromatic carbocycles. The molecular formula is C37H35ClN4O6S. The lowest BCUT2D eigenvalue weighted by molar-refractivity contribution is -0.138. The summed E-state index contributed by atoms with van der Waals surface area (Å²) in [6.45, 7) is 3.71. The molecule has 2 saturated heterocycles. The molecule has 4 aromatic rings. The highest BCUT2D eigenvalue weighted by Gasteiger charge is 2.68. The quantitative estimate of drug-likeness (QED) is 0.209. The zero-order valence-corrected chi connectivity index (χ0v) is 29.0. The van der Waals surface area contributed by atoms with Gasteiger partial charge < -0.3 is 9.84 Å². The minimum absolute atomic E-state index is 0.0506. The maximum absolute atomic E-state index is 15.0. The number of nitrogens with zero attached hydrogens (tertiary/aromatic N) is 4. The topological polar surface area (TPSA) is 122 Å². The van der Waals surface area contributed by atoms with Crippen molar-refractivity contribution in [2.24, 2.45) is 36.1 Å². The van der Waals surface area contributed by atoms with Gasteiger partial charge in [0.05, 0.1) is 34.7 Å². The number of amides is 4. The summed E-state index contributed by atoms with van der Waals surface area (Å²) in [4.78, 5) is 59.9. The minimum atomic E-state index is -1.24. The van der Waals surface area contributed by atoms with E-state index in [4.69, 9.17) is 21.4 Å². The minimum Gasteiger partial charge on any atom is -0.491 e. The predicted molar refractivity (Wildman–Crippen MR) is 185 cm³/mol. The smallest absolute Gasteiger partial charge is 0.242 e. The Hall–Kier alpha value is -4.32. The van der Waals surface area contributed by atoms with Crippen LogP contribution in [0.5, 0.6) is 5.75 Å². The van der Waals surface area contributed by atoms with Gasteiger partial charge in [-0.15, -0.1) is 11.3 Å². The monoisotopic (exact) mass is 698 g/mol. The number of fused-ring (bicyclic) bond motifs is 5. The molecule has 4 amide bonds. The number of hydrogen-bond donors (Lipinski definition) is 1. The first-order valence-corrected chi connectivity index (χ1v) is 17.6. The van der Waals surface area contributed by atoms with Crippen LogP contribution in [0.25, 0.3) is 20.7 Å². The lowest BCUT2D eigenvalue weighted by Crippen LogP contribution is -2.49. The summed E-state index contributed by atoms with van der Waals surface area (Å²) in [6.07, 6.45) is 2.65. The summed E-state index contributed by atoms with van der Waals surface area (Å²) in [6, 6.07) is 14.9. The average Bonchev–Trinajstić information content (AvgIpc) is 3.75. The number of halogens is 1. The Labute approximate surface area is 291 Å². The first-order valence-electron chi connectivity index (χ1n) is 16.4. The molecule has 12 heteroatoms. The SMILES string of the molecule is Cc1c(-c2cc(N3C(=O)C4CC5C(=CCC6C(=O)N(C)C(=O)C65)C(c5ccccc5OCCO)C4(C)C3=O)n(C)n2)sc2ccc(Cl)cc12. The van der Waals surface area contributed by atoms with Crippen LogP contribution < -0.4 is 9.64 Å². The summed E-state index contributed by atoms with van der Waals surface area (Å²) >= 11 is 7.87. The predicted octanol–water partition coefficient (Wildman–Crippen LogP) is 5.50. The first-order chi connectivity index (χ1) is 23.5. The van der Waals surface area contributed by atoms with Crippen molar-refractivity contribution in [1.29, 1.82) is 0 Å². The molecule has 252 valence electrons. The van der Waals surface area contributed by atoms with Gasteiger partial charge in [0.2, 0.25) is 23.6 Å². The standard InChI is InChI=1S/C37H35ClN4O6S/c1-18-23-15-19(38)9-12-28(23)49-32(18)26-17-29(41(4)39-26)42-34(45)25-16-24-20(10-11-22-30(24)35(46)40(3)33(22)44)31(37(25,2)36(42)47)21-7-5-6-8-27(21)48-14-13-43/h5-10,12,15,17,22,24-25,30-31,43H,11,13-14,16H2,1-4H3. The number of benzene rings is 2. The van der Waals surface area contributed by atoms with E-state index in [-0.39, 0.29) is 43.3 Å². The van der Waals surface area contributed by atoms with Gasteiger partial charge in [0.1, 0.15) is 23.9 Å². The molecule has 2 aliphatic heterocycles. The number of para-hydroxylation sites is 1. The second-order valence-electron chi connectivity index (χ2n) is 13.7. The van der Waals surface area contributed by atoms with E-state index in [0.29, 0.717) is 34.3 Å². The molecule has 10 nitrogen and oxygen atoms in total. The van der Waals surface area contributed by atoms with Gasteiger partial charge in [-0.25, -0.2) is 4.90 Å². The fourth-order valence-electron chi connectivity index (χ4n) is 8.96. The van der Waals surface area contributed by atoms with Crippen molar-refractivity contribution < 1.29 is 29.0 Å². The van der Waals surface area contributed by atoms with Crippen LogP contribution in [-0.4, -0.2) is 63.7 Å². The van der Waals surface area contributed by atoms with Crippen molar-refractivity contribution >= 4 is 62.5 Å². The second kappa shape index (κ2) is 11.4. The Morgan fingerprint density at radius 3 is 2.59 bits per heavy atom. The average molecular weight is 699 g/mol. The number of ether oxygens (including phenoxy) is 1. The number of allylic oxidation sites excluding steroid dienone is 2. The molecule has 2 aromatic heterocycles. The van der Waals surface area contributed by atoms with Crippen molar-refractivity contribution in [3.63, 3.8) is 0 Å². The molecule has 0 spiro atoms. The maximum Gasteiger partial charge on any atom is 0.242 e. The van der Waals surface area contributed by atoms with E-state index in [2.05, 4.69) is 0 Å². The fraction of sp³-hybridized carbons (Fsp3) is 0.378. The lowest BCUT2D eigenvalue weighted by atomic mass is 9.51. The Morgan fingerprint density at radius 2 is 1.82 bits per heavy atom. The molecule has 8 rings (SSSR count). The van der Waals surface area contributed by atoms with Gasteiger partial charge in [-0.1, -0.05) is 41.4 Å². The molecule has 6 unspecified atom stereocenters. The number of carbonyl (C=O) groups is 4. The van der Waals surface area contributed by atoms with Gasteiger partial charge >= 0.3 is 0 Å². The van der Waals surface area contributed by atoms with Crippen LogP contribution in [0.1, 0.15) is 36.8 Å². The zero-order chi connectivity index (χ0) is 34.5. The number of aryl methyl sites for hydroxylation is 2. The van der Waals surface area contributed by atoms with E-state index in [1.165, 1.54) is 16.8 Å². The van der Waals surface area contributed by atoms with E-state index in [1.54, 1.807) is 35.2 Å². The zero-order valence-electron chi connectivity index (χ0n) is 27.5. The van der Waals surface area contributed by atoms with E-state index in [1.807, 2.05) is 56.3 Å². The molecule has 4 heterocycles. The molecule has 6 atom stereocenters. The third kappa shape index (κ3) is 4.44. The molecule has 49 heavy (non-hydrogen) atoms. The van der Waals surface area contributed by atoms with Crippen LogP contribution in [0.2, 0.25) is 5.02 Å². The van der Waals surface area contributed by atoms with E-state index < -0.39 is 35.0 Å². The van der Waals surface area contributed by atoms with Gasteiger partial charge in [0.15, 0.2) is 0 Å². The molecule has 1 N–H and O–H groups in total. The van der Waals surface area contributed by atoms with E-state index in [9.17, 15) is 19.5 Å². The molecule has 1 saturated carbocycles. The third-order valence-electron chi connectivity index (χ3n) is 11.3. The number of imide groups is 2. The summed E-state index contributed by atoms with van der Waals surface area (Å²) in [5, 5.41) is 16.0. The van der Waals surface area contributed by atoms with Gasteiger partial charge in [-0.3, -0.25) is 28.8 Å². The number of hydrogen-bond acceptors (Lipinski definition) is 8. The van der Waals surface area contributed by atoms with Crippen LogP contribution in [0.15, 0.2) is 60.2 Å². The molecular weight excluding hydrogens is 664 g/mol. The molecule has 2 aliphatic carbocycles. The van der Waals surface area contributed by atoms with E-state index >= 15 is 4.79 Å². The number of rotatable bonds is 6. The Kier molecular flexibility index (Phi) is 7.40. The van der Waals surface area contributed by atoms with Crippen LogP contribution in [0, 0.1) is 36.0 Å². The highest BCUT2D eigenvalue weighted by Crippen LogP contribution is 2.64. The van der Waals surface area contributed by atoms with Crippen molar-refractivity contribution in [2.45, 2.75) is 32.6 Å². The highest BCUT2D eigenvalue weighted by molar-refractivity contribution is 7.22. The molecule has 4 aliphatic rings. The Balaban J connectivity index is 1.26. The number of carbonyl (C=O) groups excluding carboxylic acids is 4. The number of anilines is 1. The molecule has 0 radical (unpaired) electrons. The number of aliphatic hydroxyl groups is 1. The normalized spacial score (nSPS) is 27.9. The van der Waals surface area contributed by atoms with Crippen LogP contribution in [-0.2, 0) is 26.2 Å². The Bertz CT molecular complexity index is 2140. The molecule has 3 fully saturated rings. The summed E-state index contributed by atoms with van der Waals surface area (Å²) in [7, 11) is 3.24. The van der Waals surface area contributed by atoms with Crippen molar-refractivity contribution in [3.05, 3.63) is 76.3 Å². The van der Waals surface area contributed by atoms with Gasteiger partial charge in [0, 0.05) is 41.4 Å². The van der Waals surface area contributed by atoms with Gasteiger partial charge in [0.25, 0.3) is 0 Å². The third-order valence-corrected chi connectivity index (χ3v) is 12.8. The van der Waals surface area contributed by atoms with Crippen LogP contribution in [0.3, 0.4) is 0 Å². The first kappa shape index (κ1) is 31.9. The Morgan fingerprint density at radius 1 is 1.04 bits per heavy atom. The number of thiophene rings is 1. The summed E-state index contributed by atoms with van der Waals surface area (Å²) < 4.78 is 8.64. The largest absolute Gasteiger partial charge is 0.491 e. The summed E-state index contributed by atoms with van der Waals surface area (Å²) in [5.74, 6) is -3.24. The second-order valence-corrected chi connectivity index (χ2v) is 15.2. The number of likely N-dealkylation sites (tertiary alicyclic amines) is 1. The van der Waals surface area contributed by atoms with Crippen molar-refractivity contribution in [2.75, 3.05) is 25.2 Å². The van der Waals surface area contributed by atoms with E-state index in [0.717, 1.165) is 26.1 Å². The lowest BCUT2D eigenvalue weighted by Gasteiger charge is -2.49. The van der Waals surface area contributed by atoms with Gasteiger partial charge in [-0.05, 0) is 67.8 Å². The van der Waals surface area contributed by atoms with Crippen LogP contribution >= 0.6 is 22.9 Å². The van der Waals surface area contributed by atoms with Crippen molar-refractivity contribution in [1.82, 2.24) is 14.7 Å². The number of aliphatic hydroxyl groups excluding tert-OH is 1. The van der Waals surface area contributed by atoms with Crippen molar-refractivity contribution in [3.8, 4) is 16.3 Å². The maximum atomic E-state index is 15.0. The van der Waals surface area contributed by atoms with Gasteiger partial charge in [-0.2, -0.15) is 5.10 Å². The summed E-state index contributed by atoms with van der Waals surface area (Å²) in [5.41, 5.74) is 2.00. The van der Waals surface area contributed by atoms with Crippen LogP contribution in [0.4, 0.5) is 5.82 Å². The fourth-order valence-corrected chi connectivity index (χ4v) is 10.3. The molecule has 0 bridgehead atoms. The highest BCUT2D eigenvalue weighted by atomic mass is 35.5. The number of aromatic nitrogens is 2.